The van der Waals surface area contributed by atoms with Crippen molar-refractivity contribution >= 4 is 29.2 Å². The van der Waals surface area contributed by atoms with Crippen molar-refractivity contribution in [2.75, 3.05) is 5.32 Å². The molecule has 80 valence electrons. The van der Waals surface area contributed by atoms with Gasteiger partial charge in [0.1, 0.15) is 6.42 Å². The molecule has 0 fully saturated rings. The minimum Gasteiger partial charge on any atom is -0.481 e. The zero-order chi connectivity index (χ0) is 11.4. The van der Waals surface area contributed by atoms with Crippen LogP contribution in [0.25, 0.3) is 0 Å². The molecule has 0 radical (unpaired) electrons. The summed E-state index contributed by atoms with van der Waals surface area (Å²) in [5, 5.41) is 11.3. The summed E-state index contributed by atoms with van der Waals surface area (Å²) < 4.78 is 0. The first-order chi connectivity index (χ1) is 6.99. The molecule has 0 saturated carbocycles. The second-order valence-electron chi connectivity index (χ2n) is 3.08. The minimum atomic E-state index is -1.16. The van der Waals surface area contributed by atoms with Crippen LogP contribution in [-0.4, -0.2) is 17.0 Å². The molecule has 0 bridgehead atoms. The molecule has 1 amide bonds. The summed E-state index contributed by atoms with van der Waals surface area (Å²) in [5.41, 5.74) is 1.39. The molecule has 1 aromatic rings. The first-order valence-electron chi connectivity index (χ1n) is 4.27. The van der Waals surface area contributed by atoms with Gasteiger partial charge in [-0.25, -0.2) is 0 Å². The second kappa shape index (κ2) is 4.79. The number of nitrogens with one attached hydrogen (secondary N) is 1. The maximum Gasteiger partial charge on any atom is 0.312 e. The number of halogens is 1. The number of aryl methyl sites for hydroxylation is 1. The van der Waals surface area contributed by atoms with Crippen molar-refractivity contribution < 1.29 is 14.7 Å². The zero-order valence-corrected chi connectivity index (χ0v) is 8.84. The van der Waals surface area contributed by atoms with E-state index in [1.165, 1.54) is 0 Å². The Morgan fingerprint density at radius 1 is 1.47 bits per heavy atom. The SMILES string of the molecule is Cc1ccc(NC(=O)CC(=O)O)cc1Cl. The Labute approximate surface area is 91.9 Å². The fourth-order valence-electron chi connectivity index (χ4n) is 1.01. The summed E-state index contributed by atoms with van der Waals surface area (Å²) >= 11 is 5.84. The summed E-state index contributed by atoms with van der Waals surface area (Å²) in [6.45, 7) is 1.84. The number of rotatable bonds is 3. The average molecular weight is 228 g/mol. The molecule has 0 heterocycles. The molecule has 0 spiro atoms. The van der Waals surface area contributed by atoms with Crippen LogP contribution in [0.5, 0.6) is 0 Å². The highest BCUT2D eigenvalue weighted by molar-refractivity contribution is 6.31. The fraction of sp³-hybridized carbons (Fsp3) is 0.200. The van der Waals surface area contributed by atoms with Gasteiger partial charge in [-0.3, -0.25) is 9.59 Å². The van der Waals surface area contributed by atoms with Crippen LogP contribution in [0.4, 0.5) is 5.69 Å². The molecule has 0 aliphatic heterocycles. The highest BCUT2D eigenvalue weighted by Crippen LogP contribution is 2.19. The second-order valence-corrected chi connectivity index (χ2v) is 3.49. The molecule has 0 aliphatic carbocycles. The number of carboxylic acids is 1. The first kappa shape index (κ1) is 11.5. The van der Waals surface area contributed by atoms with Crippen molar-refractivity contribution in [2.24, 2.45) is 0 Å². The summed E-state index contributed by atoms with van der Waals surface area (Å²) in [4.78, 5) is 21.3. The monoisotopic (exact) mass is 227 g/mol. The van der Waals surface area contributed by atoms with Crippen molar-refractivity contribution in [2.45, 2.75) is 13.3 Å². The Balaban J connectivity index is 2.69. The number of amides is 1. The molecule has 1 rings (SSSR count). The van der Waals surface area contributed by atoms with Crippen LogP contribution in [0.15, 0.2) is 18.2 Å². The van der Waals surface area contributed by atoms with Gasteiger partial charge in [0.15, 0.2) is 0 Å². The van der Waals surface area contributed by atoms with E-state index in [1.54, 1.807) is 18.2 Å². The van der Waals surface area contributed by atoms with Crippen molar-refractivity contribution in [1.29, 1.82) is 0 Å². The van der Waals surface area contributed by atoms with E-state index in [2.05, 4.69) is 5.32 Å². The topological polar surface area (TPSA) is 66.4 Å². The molecule has 15 heavy (non-hydrogen) atoms. The molecule has 1 aromatic carbocycles. The normalized spacial score (nSPS) is 9.73. The van der Waals surface area contributed by atoms with Gasteiger partial charge in [-0.2, -0.15) is 0 Å². The van der Waals surface area contributed by atoms with E-state index in [4.69, 9.17) is 16.7 Å². The van der Waals surface area contributed by atoms with Crippen LogP contribution < -0.4 is 5.32 Å². The molecule has 0 aliphatic rings. The van der Waals surface area contributed by atoms with Gasteiger partial charge in [0.25, 0.3) is 0 Å². The van der Waals surface area contributed by atoms with Crippen LogP contribution in [0.2, 0.25) is 5.02 Å². The highest BCUT2D eigenvalue weighted by Gasteiger charge is 2.08. The summed E-state index contributed by atoms with van der Waals surface area (Å²) in [5.74, 6) is -1.73. The van der Waals surface area contributed by atoms with Gasteiger partial charge < -0.3 is 10.4 Å². The summed E-state index contributed by atoms with van der Waals surface area (Å²) in [6.07, 6.45) is -0.550. The lowest BCUT2D eigenvalue weighted by molar-refractivity contribution is -0.139. The van der Waals surface area contributed by atoms with Crippen molar-refractivity contribution in [3.05, 3.63) is 28.8 Å². The third-order valence-corrected chi connectivity index (χ3v) is 2.17. The van der Waals surface area contributed by atoms with Gasteiger partial charge >= 0.3 is 5.97 Å². The van der Waals surface area contributed by atoms with Crippen molar-refractivity contribution in [3.63, 3.8) is 0 Å². The fourth-order valence-corrected chi connectivity index (χ4v) is 1.19. The lowest BCUT2D eigenvalue weighted by Crippen LogP contribution is -2.15. The van der Waals surface area contributed by atoms with E-state index in [0.717, 1.165) is 5.56 Å². The Kier molecular flexibility index (Phi) is 3.68. The predicted octanol–water partition coefficient (Wildman–Crippen LogP) is 2.06. The van der Waals surface area contributed by atoms with E-state index in [-0.39, 0.29) is 0 Å². The molecule has 0 unspecified atom stereocenters. The lowest BCUT2D eigenvalue weighted by Gasteiger charge is -2.05. The predicted molar refractivity (Wildman–Crippen MR) is 57.1 cm³/mol. The zero-order valence-electron chi connectivity index (χ0n) is 8.08. The molecule has 4 nitrogen and oxygen atoms in total. The summed E-state index contributed by atoms with van der Waals surface area (Å²) in [7, 11) is 0. The van der Waals surface area contributed by atoms with Crippen molar-refractivity contribution in [1.82, 2.24) is 0 Å². The highest BCUT2D eigenvalue weighted by atomic mass is 35.5. The molecule has 2 N–H and O–H groups in total. The number of anilines is 1. The maximum atomic E-state index is 11.1. The van der Waals surface area contributed by atoms with E-state index in [0.29, 0.717) is 10.7 Å². The van der Waals surface area contributed by atoms with Gasteiger partial charge in [0.05, 0.1) is 0 Å². The lowest BCUT2D eigenvalue weighted by atomic mass is 10.2. The number of hydrogen-bond acceptors (Lipinski definition) is 2. The van der Waals surface area contributed by atoms with Crippen molar-refractivity contribution in [3.8, 4) is 0 Å². The molecule has 0 saturated heterocycles. The van der Waals surface area contributed by atoms with Gasteiger partial charge in [0.2, 0.25) is 5.91 Å². The standard InChI is InChI=1S/C10H10ClNO3/c1-6-2-3-7(4-8(6)11)12-9(13)5-10(14)15/h2-4H,5H2,1H3,(H,12,13)(H,14,15). The number of benzene rings is 1. The third-order valence-electron chi connectivity index (χ3n) is 1.77. The van der Waals surface area contributed by atoms with Crippen LogP contribution >= 0.6 is 11.6 Å². The Bertz CT molecular complexity index is 404. The number of carboxylic acid groups (broad SMARTS) is 1. The Morgan fingerprint density at radius 2 is 2.13 bits per heavy atom. The van der Waals surface area contributed by atoms with Gasteiger partial charge in [-0.1, -0.05) is 17.7 Å². The molecule has 5 heteroatoms. The van der Waals surface area contributed by atoms with E-state index >= 15 is 0 Å². The molecule has 0 aromatic heterocycles. The molecular weight excluding hydrogens is 218 g/mol. The van der Waals surface area contributed by atoms with Gasteiger partial charge in [0, 0.05) is 10.7 Å². The van der Waals surface area contributed by atoms with E-state index in [1.807, 2.05) is 6.92 Å². The maximum absolute atomic E-state index is 11.1. The van der Waals surface area contributed by atoms with Gasteiger partial charge in [-0.15, -0.1) is 0 Å². The minimum absolute atomic E-state index is 0.497. The summed E-state index contributed by atoms with van der Waals surface area (Å²) in [6, 6.07) is 5.00. The molecule has 0 atom stereocenters. The van der Waals surface area contributed by atoms with Crippen LogP contribution in [-0.2, 0) is 9.59 Å². The van der Waals surface area contributed by atoms with Gasteiger partial charge in [-0.05, 0) is 24.6 Å². The Hall–Kier alpha value is -1.55. The first-order valence-corrected chi connectivity index (χ1v) is 4.64. The average Bonchev–Trinajstić information content (AvgIpc) is 2.10. The van der Waals surface area contributed by atoms with Crippen LogP contribution in [0, 0.1) is 6.92 Å². The van der Waals surface area contributed by atoms with E-state index in [9.17, 15) is 9.59 Å². The number of carbonyl (C=O) groups excluding carboxylic acids is 1. The van der Waals surface area contributed by atoms with Crippen LogP contribution in [0.3, 0.4) is 0 Å². The van der Waals surface area contributed by atoms with E-state index < -0.39 is 18.3 Å². The quantitative estimate of drug-likeness (QED) is 0.777. The number of carbonyl (C=O) groups is 2. The largest absolute Gasteiger partial charge is 0.481 e. The third kappa shape index (κ3) is 3.59. The Morgan fingerprint density at radius 3 is 2.67 bits per heavy atom. The number of hydrogen-bond donors (Lipinski definition) is 2. The molecular formula is C10H10ClNO3. The number of aliphatic carboxylic acids is 1. The van der Waals surface area contributed by atoms with Crippen LogP contribution in [0.1, 0.15) is 12.0 Å². The smallest absolute Gasteiger partial charge is 0.312 e.